The molecule has 29 heavy (non-hydrogen) atoms. The summed E-state index contributed by atoms with van der Waals surface area (Å²) in [6.07, 6.45) is 1.43. The molecule has 0 bridgehead atoms. The van der Waals surface area contributed by atoms with Crippen molar-refractivity contribution in [3.63, 3.8) is 0 Å². The van der Waals surface area contributed by atoms with E-state index in [2.05, 4.69) is 10.3 Å². The SMILES string of the molecule is COc1cccc(CNC(=O)Cn2cnc3c(sc4ccccc43)c2=O)c1OC. The number of benzene rings is 2. The molecule has 0 radical (unpaired) electrons. The molecule has 1 N–H and O–H groups in total. The highest BCUT2D eigenvalue weighted by Crippen LogP contribution is 2.31. The van der Waals surface area contributed by atoms with Crippen LogP contribution in [0, 0.1) is 0 Å². The minimum atomic E-state index is -0.292. The largest absolute Gasteiger partial charge is 0.493 e. The third-order valence-corrected chi connectivity index (χ3v) is 5.77. The Kier molecular flexibility index (Phi) is 5.18. The van der Waals surface area contributed by atoms with E-state index < -0.39 is 0 Å². The summed E-state index contributed by atoms with van der Waals surface area (Å²) in [6.45, 7) is 0.148. The van der Waals surface area contributed by atoms with Crippen LogP contribution in [0.25, 0.3) is 20.3 Å². The third kappa shape index (κ3) is 3.54. The van der Waals surface area contributed by atoms with E-state index in [-0.39, 0.29) is 24.6 Å². The van der Waals surface area contributed by atoms with Crippen LogP contribution in [0.15, 0.2) is 53.6 Å². The number of aromatic nitrogens is 2. The lowest BCUT2D eigenvalue weighted by atomic mass is 10.2. The van der Waals surface area contributed by atoms with Gasteiger partial charge in [-0.15, -0.1) is 11.3 Å². The Hall–Kier alpha value is -3.39. The minimum absolute atomic E-state index is 0.109. The first kappa shape index (κ1) is 18.9. The smallest absolute Gasteiger partial charge is 0.271 e. The Bertz CT molecular complexity index is 1260. The predicted molar refractivity (Wildman–Crippen MR) is 113 cm³/mol. The monoisotopic (exact) mass is 409 g/mol. The number of thiophene rings is 1. The molecule has 1 amide bonds. The Morgan fingerprint density at radius 2 is 1.97 bits per heavy atom. The van der Waals surface area contributed by atoms with Crippen LogP contribution in [0.5, 0.6) is 11.5 Å². The zero-order valence-electron chi connectivity index (χ0n) is 16.0. The lowest BCUT2D eigenvalue weighted by molar-refractivity contribution is -0.121. The zero-order valence-corrected chi connectivity index (χ0v) is 16.8. The van der Waals surface area contributed by atoms with Crippen LogP contribution < -0.4 is 20.3 Å². The van der Waals surface area contributed by atoms with Gasteiger partial charge in [0.15, 0.2) is 11.5 Å². The molecule has 4 aromatic rings. The van der Waals surface area contributed by atoms with Crippen LogP contribution in [-0.4, -0.2) is 29.7 Å². The fourth-order valence-corrected chi connectivity index (χ4v) is 4.33. The summed E-state index contributed by atoms with van der Waals surface area (Å²) < 4.78 is 13.5. The van der Waals surface area contributed by atoms with Crippen LogP contribution in [0.1, 0.15) is 5.56 Å². The molecule has 0 fully saturated rings. The van der Waals surface area contributed by atoms with E-state index in [1.165, 1.54) is 22.2 Å². The number of nitrogens with zero attached hydrogens (tertiary/aromatic N) is 2. The highest BCUT2D eigenvalue weighted by atomic mass is 32.1. The molecule has 0 atom stereocenters. The molecule has 0 saturated carbocycles. The maximum absolute atomic E-state index is 12.8. The second-order valence-corrected chi connectivity index (χ2v) is 7.44. The van der Waals surface area contributed by atoms with Crippen LogP contribution in [-0.2, 0) is 17.9 Å². The average Bonchev–Trinajstić information content (AvgIpc) is 3.13. The molecule has 0 saturated heterocycles. The number of para-hydroxylation sites is 1. The molecular formula is C21H19N3O4S. The van der Waals surface area contributed by atoms with Crippen LogP contribution in [0.4, 0.5) is 0 Å². The standard InChI is InChI=1S/C21H19N3O4S/c1-27-15-8-5-6-13(19(15)28-2)10-22-17(25)11-24-12-23-18-14-7-3-4-9-16(14)29-20(18)21(24)26/h3-9,12H,10-11H2,1-2H3,(H,22,25). The van der Waals surface area contributed by atoms with Gasteiger partial charge in [0.2, 0.25) is 5.91 Å². The number of hydrogen-bond acceptors (Lipinski definition) is 6. The number of ether oxygens (including phenoxy) is 2. The number of carbonyl (C=O) groups is 1. The first-order chi connectivity index (χ1) is 14.1. The van der Waals surface area contributed by atoms with Crippen LogP contribution >= 0.6 is 11.3 Å². The van der Waals surface area contributed by atoms with E-state index in [1.54, 1.807) is 20.3 Å². The number of hydrogen-bond donors (Lipinski definition) is 1. The Labute approximate surface area is 170 Å². The number of fused-ring (bicyclic) bond motifs is 3. The van der Waals surface area contributed by atoms with Gasteiger partial charge in [0, 0.05) is 22.2 Å². The van der Waals surface area contributed by atoms with Crippen molar-refractivity contribution in [2.24, 2.45) is 0 Å². The molecule has 2 aromatic carbocycles. The fourth-order valence-electron chi connectivity index (χ4n) is 3.23. The van der Waals surface area contributed by atoms with Gasteiger partial charge in [-0.05, 0) is 12.1 Å². The molecule has 0 aliphatic heterocycles. The summed E-state index contributed by atoms with van der Waals surface area (Å²) in [5.41, 5.74) is 1.24. The van der Waals surface area contributed by atoms with E-state index in [9.17, 15) is 9.59 Å². The van der Waals surface area contributed by atoms with Crippen molar-refractivity contribution in [3.05, 3.63) is 64.7 Å². The Morgan fingerprint density at radius 3 is 2.76 bits per heavy atom. The fraction of sp³-hybridized carbons (Fsp3) is 0.190. The number of amides is 1. The topological polar surface area (TPSA) is 82.5 Å². The van der Waals surface area contributed by atoms with Gasteiger partial charge in [-0.25, -0.2) is 4.98 Å². The van der Waals surface area contributed by atoms with Gasteiger partial charge in [0.1, 0.15) is 11.2 Å². The summed E-state index contributed by atoms with van der Waals surface area (Å²) in [5, 5.41) is 3.77. The number of carbonyl (C=O) groups excluding carboxylic acids is 1. The molecule has 8 heteroatoms. The lowest BCUT2D eigenvalue weighted by Crippen LogP contribution is -2.32. The van der Waals surface area contributed by atoms with Gasteiger partial charge in [-0.1, -0.05) is 30.3 Å². The summed E-state index contributed by atoms with van der Waals surface area (Å²) in [6, 6.07) is 13.2. The average molecular weight is 409 g/mol. The molecule has 0 unspecified atom stereocenters. The van der Waals surface area contributed by atoms with Gasteiger partial charge >= 0.3 is 0 Å². The summed E-state index contributed by atoms with van der Waals surface area (Å²) in [5.74, 6) is 0.870. The van der Waals surface area contributed by atoms with Gasteiger partial charge < -0.3 is 14.8 Å². The van der Waals surface area contributed by atoms with Crippen molar-refractivity contribution in [3.8, 4) is 11.5 Å². The molecule has 148 valence electrons. The maximum atomic E-state index is 12.8. The summed E-state index contributed by atoms with van der Waals surface area (Å²) >= 11 is 1.39. The van der Waals surface area contributed by atoms with Gasteiger partial charge in [-0.3, -0.25) is 14.2 Å². The van der Waals surface area contributed by atoms with E-state index in [4.69, 9.17) is 9.47 Å². The van der Waals surface area contributed by atoms with E-state index >= 15 is 0 Å². The van der Waals surface area contributed by atoms with Crippen LogP contribution in [0.3, 0.4) is 0 Å². The quantitative estimate of drug-likeness (QED) is 0.529. The van der Waals surface area contributed by atoms with Crippen molar-refractivity contribution in [1.82, 2.24) is 14.9 Å². The number of rotatable bonds is 6. The van der Waals surface area contributed by atoms with Crippen molar-refractivity contribution in [1.29, 1.82) is 0 Å². The third-order valence-electron chi connectivity index (χ3n) is 4.63. The van der Waals surface area contributed by atoms with Crippen molar-refractivity contribution in [2.75, 3.05) is 14.2 Å². The van der Waals surface area contributed by atoms with Gasteiger partial charge in [0.25, 0.3) is 5.56 Å². The first-order valence-electron chi connectivity index (χ1n) is 8.95. The highest BCUT2D eigenvalue weighted by molar-refractivity contribution is 7.25. The highest BCUT2D eigenvalue weighted by Gasteiger charge is 2.14. The lowest BCUT2D eigenvalue weighted by Gasteiger charge is -2.13. The summed E-state index contributed by atoms with van der Waals surface area (Å²) in [4.78, 5) is 29.7. The number of methoxy groups -OCH3 is 2. The summed E-state index contributed by atoms with van der Waals surface area (Å²) in [7, 11) is 3.11. The van der Waals surface area contributed by atoms with E-state index in [0.717, 1.165) is 15.6 Å². The second-order valence-electron chi connectivity index (χ2n) is 6.38. The van der Waals surface area contributed by atoms with Crippen molar-refractivity contribution < 1.29 is 14.3 Å². The molecule has 0 aliphatic carbocycles. The van der Waals surface area contributed by atoms with Gasteiger partial charge in [0.05, 0.1) is 26.1 Å². The maximum Gasteiger partial charge on any atom is 0.271 e. The first-order valence-corrected chi connectivity index (χ1v) is 9.77. The van der Waals surface area contributed by atoms with Gasteiger partial charge in [-0.2, -0.15) is 0 Å². The molecule has 4 rings (SSSR count). The molecule has 0 aliphatic rings. The minimum Gasteiger partial charge on any atom is -0.493 e. The predicted octanol–water partition coefficient (Wildman–Crippen LogP) is 2.94. The second kappa shape index (κ2) is 7.92. The van der Waals surface area contributed by atoms with E-state index in [1.807, 2.05) is 36.4 Å². The molecule has 7 nitrogen and oxygen atoms in total. The zero-order chi connectivity index (χ0) is 20.4. The Balaban J connectivity index is 1.53. The van der Waals surface area contributed by atoms with Crippen molar-refractivity contribution >= 4 is 37.5 Å². The molecular weight excluding hydrogens is 390 g/mol. The van der Waals surface area contributed by atoms with Crippen molar-refractivity contribution in [2.45, 2.75) is 13.1 Å². The number of nitrogens with one attached hydrogen (secondary N) is 1. The molecule has 2 heterocycles. The molecule has 0 spiro atoms. The van der Waals surface area contributed by atoms with Crippen LogP contribution in [0.2, 0.25) is 0 Å². The molecule has 2 aromatic heterocycles. The van der Waals surface area contributed by atoms with E-state index in [0.29, 0.717) is 21.7 Å². The Morgan fingerprint density at radius 1 is 1.14 bits per heavy atom. The normalized spacial score (nSPS) is 11.0.